The van der Waals surface area contributed by atoms with Gasteiger partial charge < -0.3 is 45.0 Å². The van der Waals surface area contributed by atoms with Gasteiger partial charge >= 0.3 is 0 Å². The van der Waals surface area contributed by atoms with E-state index in [1.807, 2.05) is 50.3 Å². The Kier molecular flexibility index (Phi) is 58.7. The molecular formula is C90H147N17O11S4. The summed E-state index contributed by atoms with van der Waals surface area (Å²) in [6.45, 7) is 20.6. The van der Waals surface area contributed by atoms with E-state index in [-0.39, 0.29) is 6.61 Å². The molecule has 4 atom stereocenters. The molecule has 122 heavy (non-hydrogen) atoms. The van der Waals surface area contributed by atoms with Crippen LogP contribution in [0.1, 0.15) is 235 Å². The van der Waals surface area contributed by atoms with Gasteiger partial charge in [0.1, 0.15) is 6.61 Å². The molecule has 0 aromatic carbocycles. The first-order valence-electron chi connectivity index (χ1n) is 42.8. The molecule has 3 saturated carbocycles. The zero-order valence-corrected chi connectivity index (χ0v) is 78.9. The van der Waals surface area contributed by atoms with Gasteiger partial charge in [-0.05, 0) is 304 Å². The van der Waals surface area contributed by atoms with Crippen molar-refractivity contribution >= 4 is 48.3 Å². The largest absolute Gasteiger partial charge is 0.390 e. The fraction of sp³-hybridized carbons (Fsp3) is 0.611. The van der Waals surface area contributed by atoms with Crippen LogP contribution in [0.15, 0.2) is 152 Å². The number of hydroxylamine groups is 6. The number of hydrogen-bond donors (Lipinski definition) is 10. The SMILES string of the molecule is C=C1CCC(Cc2cnc[nH]2)CC1.C=C1CCC(Cc2cnc[nH]2)CC1.CC#CCOOOO.CC1(O)CCC(Cc2cnc[nH]2)CC1.CC1=CCC(Cc2c[nH]c(=S)[nH]2)CC1.CC1=CCC(Cc2cnc[nH]2)CC1.CC1=CCC(Cc2cnc[nH]2)CC1.CC1=CCC(Cc2cnc[nH]2)CC1.CSOON(C)C.CSOON(C)C.CSOON(C)C. The number of H-pyrrole nitrogens is 8. The molecule has 0 radical (unpaired) electrons. The molecule has 7 heterocycles. The molecule has 7 aromatic rings. The molecule has 28 nitrogen and oxygen atoms in total. The molecule has 0 aliphatic heterocycles. The van der Waals surface area contributed by atoms with E-state index in [0.29, 0.717) is 0 Å². The minimum absolute atomic E-state index is 0.0804. The summed E-state index contributed by atoms with van der Waals surface area (Å²) < 4.78 is 14.1. The molecule has 3 fully saturated rings. The normalized spacial score (nSPS) is 20.0. The maximum atomic E-state index is 9.80. The summed E-state index contributed by atoms with van der Waals surface area (Å²) in [6.07, 6.45) is 76.5. The minimum atomic E-state index is -0.412. The van der Waals surface area contributed by atoms with Crippen LogP contribution < -0.4 is 0 Å². The summed E-state index contributed by atoms with van der Waals surface area (Å²) >= 11 is 8.49. The maximum Gasteiger partial charge on any atom is 0.174 e. The predicted octanol–water partition coefficient (Wildman–Crippen LogP) is 21.2. The first-order chi connectivity index (χ1) is 58.8. The van der Waals surface area contributed by atoms with Crippen LogP contribution in [0, 0.1) is 58.0 Å². The highest BCUT2D eigenvalue weighted by Crippen LogP contribution is 2.35. The Balaban J connectivity index is 0.000000284. The Morgan fingerprint density at radius 1 is 0.434 bits per heavy atom. The van der Waals surface area contributed by atoms with Crippen LogP contribution in [0.5, 0.6) is 0 Å². The number of nitrogens with zero attached hydrogens (tertiary/aromatic N) is 9. The second-order valence-corrected chi connectivity index (χ2v) is 34.8. The third kappa shape index (κ3) is 54.8. The third-order valence-electron chi connectivity index (χ3n) is 21.5. The van der Waals surface area contributed by atoms with E-state index in [1.165, 1.54) is 231 Å². The zero-order chi connectivity index (χ0) is 88.8. The average Bonchev–Trinajstić information content (AvgIpc) is 1.13. The summed E-state index contributed by atoms with van der Waals surface area (Å²) in [5, 5.41) is 28.4. The molecule has 0 amide bonds. The standard InChI is InChI=1S/C11H18N2O.C11H16N2S.5C11H16N2.C4H6O4.3C3H9NO2S/c1-11(14)4-2-9(3-5-11)6-10-7-12-8-13-10;1-8-2-4-9(5-3-8)6-10-7-12-11(14)13-10;5*1-9-2-4-10(5-3-9)6-11-7-12-8-13-11;1-2-3-4-6-8-7-5;3*1-4(2)5-6-7-3/h7-9,14H,2-6H2,1H3,(H,12,13);2,7,9H,3-6H2,1H3,(H2,12,13,14);3*2,7-8,10H,3-6H2,1H3,(H,12,13);2*7-8,10H,1-6H2,(H,12,13);5H,4H2,1H3;3*1-3H3. The van der Waals surface area contributed by atoms with Gasteiger partial charge in [0.15, 0.2) is 4.77 Å². The van der Waals surface area contributed by atoms with Crippen LogP contribution in [0.4, 0.5) is 0 Å². The van der Waals surface area contributed by atoms with Crippen molar-refractivity contribution in [2.75, 3.05) is 67.7 Å². The molecule has 0 spiro atoms. The highest BCUT2D eigenvalue weighted by molar-refractivity contribution is 7.94. The van der Waals surface area contributed by atoms with Crippen LogP contribution in [0.3, 0.4) is 0 Å². The van der Waals surface area contributed by atoms with Crippen molar-refractivity contribution in [3.63, 3.8) is 0 Å². The number of rotatable bonds is 26. The summed E-state index contributed by atoms with van der Waals surface area (Å²) in [4.78, 5) is 66.8. The molecule has 0 bridgehead atoms. The minimum Gasteiger partial charge on any atom is -0.390 e. The van der Waals surface area contributed by atoms with E-state index in [2.05, 4.69) is 190 Å². The second kappa shape index (κ2) is 66.6. The van der Waals surface area contributed by atoms with Crippen LogP contribution >= 0.6 is 48.3 Å². The average molecular weight is 1770 g/mol. The summed E-state index contributed by atoms with van der Waals surface area (Å²) in [6, 6.07) is 0. The lowest BCUT2D eigenvalue weighted by atomic mass is 9.78. The van der Waals surface area contributed by atoms with Crippen molar-refractivity contribution in [1.82, 2.24) is 85.0 Å². The van der Waals surface area contributed by atoms with E-state index in [0.717, 1.165) is 117 Å². The Morgan fingerprint density at radius 3 is 0.918 bits per heavy atom. The Hall–Kier alpha value is -6.82. The summed E-state index contributed by atoms with van der Waals surface area (Å²) in [5.74, 6) is 10.7. The van der Waals surface area contributed by atoms with Gasteiger partial charge in [0.25, 0.3) is 0 Å². The second-order valence-electron chi connectivity index (χ2n) is 32.9. The fourth-order valence-electron chi connectivity index (χ4n) is 14.4. The van der Waals surface area contributed by atoms with Crippen molar-refractivity contribution in [2.24, 2.45) is 41.4 Å². The van der Waals surface area contributed by atoms with Gasteiger partial charge in [-0.25, -0.2) is 35.2 Å². The van der Waals surface area contributed by atoms with Crippen LogP contribution in [0.2, 0.25) is 0 Å². The number of imidazole rings is 7. The molecule has 4 unspecified atom stereocenters. The first kappa shape index (κ1) is 108. The van der Waals surface area contributed by atoms with Crippen molar-refractivity contribution in [1.29, 1.82) is 0 Å². The van der Waals surface area contributed by atoms with Crippen molar-refractivity contribution in [2.45, 2.75) is 246 Å². The van der Waals surface area contributed by atoms with Crippen LogP contribution in [-0.2, 0) is 87.9 Å². The van der Waals surface area contributed by atoms with Crippen molar-refractivity contribution in [3.8, 4) is 11.8 Å². The fourth-order valence-corrected chi connectivity index (χ4v) is 15.1. The third-order valence-corrected chi connectivity index (χ3v) is 22.3. The van der Waals surface area contributed by atoms with E-state index >= 15 is 0 Å². The van der Waals surface area contributed by atoms with Gasteiger partial charge in [-0.15, -0.1) is 33.9 Å². The molecule has 14 rings (SSSR count). The first-order valence-corrected chi connectivity index (χ1v) is 46.6. The highest BCUT2D eigenvalue weighted by Gasteiger charge is 2.29. The molecular weight excluding hydrogens is 1620 g/mol. The lowest BCUT2D eigenvalue weighted by Crippen LogP contribution is -2.30. The maximum absolute atomic E-state index is 9.80. The van der Waals surface area contributed by atoms with Gasteiger partial charge in [-0.2, -0.15) is 20.1 Å². The van der Waals surface area contributed by atoms with E-state index in [1.54, 1.807) is 128 Å². The quantitative estimate of drug-likeness (QED) is 0.00458. The van der Waals surface area contributed by atoms with Gasteiger partial charge in [0.2, 0.25) is 0 Å². The van der Waals surface area contributed by atoms with Gasteiger partial charge in [-0.3, -0.25) is 0 Å². The molecule has 32 heteroatoms. The molecule has 10 N–H and O–H groups in total. The molecule has 7 aromatic heterocycles. The number of nitrogens with one attached hydrogen (secondary N) is 8. The van der Waals surface area contributed by atoms with Crippen LogP contribution in [0.25, 0.3) is 0 Å². The molecule has 7 aliphatic carbocycles. The summed E-state index contributed by atoms with van der Waals surface area (Å²) in [5.41, 5.74) is 17.5. The zero-order valence-electron chi connectivity index (χ0n) is 75.6. The van der Waals surface area contributed by atoms with Crippen molar-refractivity contribution in [3.05, 3.63) is 197 Å². The smallest absolute Gasteiger partial charge is 0.174 e. The molecule has 7 aliphatic rings. The monoisotopic (exact) mass is 1770 g/mol. The summed E-state index contributed by atoms with van der Waals surface area (Å²) in [7, 11) is 10.5. The topological polar surface area (TPSA) is 337 Å². The highest BCUT2D eigenvalue weighted by atomic mass is 32.2. The van der Waals surface area contributed by atoms with Gasteiger partial charge in [0, 0.05) is 180 Å². The van der Waals surface area contributed by atoms with Gasteiger partial charge in [-0.1, -0.05) is 76.8 Å². The van der Waals surface area contributed by atoms with Gasteiger partial charge in [0.05, 0.1) is 43.6 Å². The van der Waals surface area contributed by atoms with Crippen LogP contribution in [-0.4, -0.2) is 169 Å². The Bertz CT molecular complexity index is 3680. The number of aromatic nitrogens is 14. The predicted molar refractivity (Wildman–Crippen MR) is 495 cm³/mol. The molecule has 0 saturated heterocycles. The number of aromatic amines is 8. The van der Waals surface area contributed by atoms with E-state index < -0.39 is 5.60 Å². The van der Waals surface area contributed by atoms with E-state index in [4.69, 9.17) is 17.5 Å². The number of aliphatic hydroxyl groups is 1. The molecule has 682 valence electrons. The van der Waals surface area contributed by atoms with Crippen molar-refractivity contribution < 1.29 is 53.3 Å². The number of allylic oxidation sites excluding steroid dienone is 10. The number of hydrogen-bond acceptors (Lipinski definition) is 24. The Labute approximate surface area is 746 Å². The van der Waals surface area contributed by atoms with E-state index in [9.17, 15) is 5.11 Å². The lowest BCUT2D eigenvalue weighted by molar-refractivity contribution is -0.620. The Morgan fingerprint density at radius 2 is 0.705 bits per heavy atom. The lowest BCUT2D eigenvalue weighted by Gasteiger charge is -2.32.